The Morgan fingerprint density at radius 2 is 2.15 bits per heavy atom. The zero-order valence-corrected chi connectivity index (χ0v) is 15.7. The number of hydrogen-bond donors (Lipinski definition) is 1. The molecule has 2 aromatic heterocycles. The maximum absolute atomic E-state index is 12.4. The average Bonchev–Trinajstić information content (AvgIpc) is 3.03. The number of carbonyl (C=O) groups is 1. The van der Waals surface area contributed by atoms with E-state index < -0.39 is 0 Å². The van der Waals surface area contributed by atoms with E-state index in [-0.39, 0.29) is 11.9 Å². The van der Waals surface area contributed by atoms with Crippen molar-refractivity contribution >= 4 is 5.91 Å². The Kier molecular flexibility index (Phi) is 4.39. The SMILES string of the molecule is Cc1cc2c(cc1Cc1ccc(-c3cnn(C)c3)nc1)C(=O)N[C@H](C)CO2. The van der Waals surface area contributed by atoms with Gasteiger partial charge in [-0.2, -0.15) is 5.10 Å². The molecule has 1 amide bonds. The summed E-state index contributed by atoms with van der Waals surface area (Å²) in [5, 5.41) is 7.13. The number of nitrogens with zero attached hydrogens (tertiary/aromatic N) is 3. The third-order valence-electron chi connectivity index (χ3n) is 4.77. The molecule has 0 aliphatic carbocycles. The van der Waals surface area contributed by atoms with Gasteiger partial charge < -0.3 is 10.1 Å². The van der Waals surface area contributed by atoms with Gasteiger partial charge in [-0.05, 0) is 55.2 Å². The molecule has 0 spiro atoms. The van der Waals surface area contributed by atoms with Gasteiger partial charge in [-0.15, -0.1) is 0 Å². The summed E-state index contributed by atoms with van der Waals surface area (Å²) in [6, 6.07) is 7.96. The summed E-state index contributed by atoms with van der Waals surface area (Å²) in [5.41, 5.74) is 5.78. The number of pyridine rings is 1. The van der Waals surface area contributed by atoms with E-state index in [4.69, 9.17) is 4.74 Å². The first kappa shape index (κ1) is 17.3. The molecule has 1 aromatic carbocycles. The van der Waals surface area contributed by atoms with Crippen molar-refractivity contribution in [2.75, 3.05) is 6.61 Å². The number of benzene rings is 1. The average molecular weight is 362 g/mol. The van der Waals surface area contributed by atoms with Crippen LogP contribution >= 0.6 is 0 Å². The fourth-order valence-electron chi connectivity index (χ4n) is 3.24. The number of aryl methyl sites for hydroxylation is 2. The van der Waals surface area contributed by atoms with Crippen LogP contribution in [0.2, 0.25) is 0 Å². The standard InChI is InChI=1S/C21H22N4O2/c1-13-6-20-18(21(26)24-14(2)12-27-20)8-16(13)7-15-4-5-19(22-9-15)17-10-23-25(3)11-17/h4-6,8-11,14H,7,12H2,1-3H3,(H,24,26)/t14-/m1/s1. The molecular formula is C21H22N4O2. The summed E-state index contributed by atoms with van der Waals surface area (Å²) >= 11 is 0. The minimum absolute atomic E-state index is 0.00197. The molecule has 1 aliphatic heterocycles. The summed E-state index contributed by atoms with van der Waals surface area (Å²) < 4.78 is 7.54. The van der Waals surface area contributed by atoms with Crippen LogP contribution in [0, 0.1) is 6.92 Å². The van der Waals surface area contributed by atoms with E-state index in [9.17, 15) is 4.79 Å². The number of aromatic nitrogens is 3. The Morgan fingerprint density at radius 3 is 2.85 bits per heavy atom. The predicted octanol–water partition coefficient (Wildman–Crippen LogP) is 2.89. The van der Waals surface area contributed by atoms with Crippen molar-refractivity contribution in [1.82, 2.24) is 20.1 Å². The third kappa shape index (κ3) is 3.56. The van der Waals surface area contributed by atoms with Crippen molar-refractivity contribution < 1.29 is 9.53 Å². The molecule has 1 aliphatic rings. The van der Waals surface area contributed by atoms with E-state index in [2.05, 4.69) is 21.5 Å². The van der Waals surface area contributed by atoms with Crippen LogP contribution in [0.15, 0.2) is 42.9 Å². The molecule has 3 aromatic rings. The van der Waals surface area contributed by atoms with Gasteiger partial charge in [0.15, 0.2) is 0 Å². The first-order valence-electron chi connectivity index (χ1n) is 9.01. The van der Waals surface area contributed by atoms with Crippen LogP contribution in [0.25, 0.3) is 11.3 Å². The first-order valence-corrected chi connectivity index (χ1v) is 9.01. The molecule has 1 atom stereocenters. The number of nitrogens with one attached hydrogen (secondary N) is 1. The highest BCUT2D eigenvalue weighted by Gasteiger charge is 2.21. The lowest BCUT2D eigenvalue weighted by atomic mass is 9.97. The van der Waals surface area contributed by atoms with Gasteiger partial charge in [-0.3, -0.25) is 14.5 Å². The van der Waals surface area contributed by atoms with Crippen LogP contribution in [0.3, 0.4) is 0 Å². The molecule has 0 saturated carbocycles. The lowest BCUT2D eigenvalue weighted by Crippen LogP contribution is -2.33. The predicted molar refractivity (Wildman–Crippen MR) is 103 cm³/mol. The topological polar surface area (TPSA) is 69.0 Å². The molecule has 0 bridgehead atoms. The van der Waals surface area contributed by atoms with Gasteiger partial charge in [-0.1, -0.05) is 6.07 Å². The minimum Gasteiger partial charge on any atom is -0.491 e. The highest BCUT2D eigenvalue weighted by atomic mass is 16.5. The van der Waals surface area contributed by atoms with E-state index in [0.717, 1.165) is 27.9 Å². The number of hydrogen-bond acceptors (Lipinski definition) is 4. The van der Waals surface area contributed by atoms with Gasteiger partial charge in [0.2, 0.25) is 0 Å². The zero-order valence-electron chi connectivity index (χ0n) is 15.7. The van der Waals surface area contributed by atoms with E-state index in [1.165, 1.54) is 0 Å². The Hall–Kier alpha value is -3.15. The van der Waals surface area contributed by atoms with Gasteiger partial charge in [0, 0.05) is 25.0 Å². The molecule has 6 nitrogen and oxygen atoms in total. The van der Waals surface area contributed by atoms with E-state index in [1.807, 2.05) is 51.5 Å². The van der Waals surface area contributed by atoms with Crippen LogP contribution in [0.5, 0.6) is 5.75 Å². The van der Waals surface area contributed by atoms with Gasteiger partial charge in [0.05, 0.1) is 23.5 Å². The second-order valence-electron chi connectivity index (χ2n) is 7.09. The monoisotopic (exact) mass is 362 g/mol. The van der Waals surface area contributed by atoms with E-state index in [0.29, 0.717) is 24.3 Å². The Morgan fingerprint density at radius 1 is 1.30 bits per heavy atom. The van der Waals surface area contributed by atoms with Crippen molar-refractivity contribution in [3.05, 3.63) is 65.1 Å². The van der Waals surface area contributed by atoms with Gasteiger partial charge in [0.25, 0.3) is 5.91 Å². The van der Waals surface area contributed by atoms with E-state index >= 15 is 0 Å². The molecule has 138 valence electrons. The van der Waals surface area contributed by atoms with Crippen molar-refractivity contribution in [1.29, 1.82) is 0 Å². The van der Waals surface area contributed by atoms with Gasteiger partial charge in [-0.25, -0.2) is 0 Å². The van der Waals surface area contributed by atoms with E-state index in [1.54, 1.807) is 10.9 Å². The fraction of sp³-hybridized carbons (Fsp3) is 0.286. The molecule has 1 N–H and O–H groups in total. The molecule has 3 heterocycles. The quantitative estimate of drug-likeness (QED) is 0.778. The Bertz CT molecular complexity index is 992. The van der Waals surface area contributed by atoms with Crippen LogP contribution in [-0.2, 0) is 13.5 Å². The largest absolute Gasteiger partial charge is 0.491 e. The molecule has 0 unspecified atom stereocenters. The van der Waals surface area contributed by atoms with Crippen LogP contribution in [-0.4, -0.2) is 33.3 Å². The normalized spacial score (nSPS) is 16.3. The number of fused-ring (bicyclic) bond motifs is 1. The number of ether oxygens (including phenoxy) is 1. The summed E-state index contributed by atoms with van der Waals surface area (Å²) in [6.45, 7) is 4.47. The highest BCUT2D eigenvalue weighted by Crippen LogP contribution is 2.27. The lowest BCUT2D eigenvalue weighted by molar-refractivity contribution is 0.0942. The molecule has 6 heteroatoms. The molecule has 27 heavy (non-hydrogen) atoms. The van der Waals surface area contributed by atoms with Crippen molar-refractivity contribution in [2.45, 2.75) is 26.3 Å². The molecule has 4 rings (SSSR count). The summed E-state index contributed by atoms with van der Waals surface area (Å²) in [4.78, 5) is 17.0. The minimum atomic E-state index is -0.0821. The van der Waals surface area contributed by atoms with Gasteiger partial charge >= 0.3 is 0 Å². The summed E-state index contributed by atoms with van der Waals surface area (Å²) in [7, 11) is 1.89. The van der Waals surface area contributed by atoms with Crippen LogP contribution in [0.4, 0.5) is 0 Å². The zero-order chi connectivity index (χ0) is 19.0. The Labute approximate surface area is 158 Å². The summed E-state index contributed by atoms with van der Waals surface area (Å²) in [6.07, 6.45) is 6.34. The van der Waals surface area contributed by atoms with Crippen molar-refractivity contribution in [3.8, 4) is 17.0 Å². The van der Waals surface area contributed by atoms with Crippen molar-refractivity contribution in [2.24, 2.45) is 7.05 Å². The maximum Gasteiger partial charge on any atom is 0.255 e. The third-order valence-corrected chi connectivity index (χ3v) is 4.77. The molecule has 0 fully saturated rings. The Balaban J connectivity index is 1.59. The van der Waals surface area contributed by atoms with Crippen molar-refractivity contribution in [3.63, 3.8) is 0 Å². The van der Waals surface area contributed by atoms with Crippen LogP contribution < -0.4 is 10.1 Å². The highest BCUT2D eigenvalue weighted by molar-refractivity contribution is 5.97. The maximum atomic E-state index is 12.4. The lowest BCUT2D eigenvalue weighted by Gasteiger charge is -2.12. The second-order valence-corrected chi connectivity index (χ2v) is 7.09. The summed E-state index contributed by atoms with van der Waals surface area (Å²) in [5.74, 6) is 0.574. The fourth-order valence-corrected chi connectivity index (χ4v) is 3.24. The molecular weight excluding hydrogens is 340 g/mol. The smallest absolute Gasteiger partial charge is 0.255 e. The number of carbonyl (C=O) groups excluding carboxylic acids is 1. The van der Waals surface area contributed by atoms with Crippen LogP contribution in [0.1, 0.15) is 34.0 Å². The second kappa shape index (κ2) is 6.87. The molecule has 0 saturated heterocycles. The number of rotatable bonds is 3. The first-order chi connectivity index (χ1) is 13.0. The van der Waals surface area contributed by atoms with Gasteiger partial charge in [0.1, 0.15) is 12.4 Å². The number of amides is 1. The molecule has 0 radical (unpaired) electrons.